The lowest BCUT2D eigenvalue weighted by molar-refractivity contribution is -0.100. The lowest BCUT2D eigenvalue weighted by atomic mass is 10.0. The van der Waals surface area contributed by atoms with E-state index >= 15 is 0 Å². The molecule has 1 aromatic carbocycles. The Labute approximate surface area is 164 Å². The van der Waals surface area contributed by atoms with Gasteiger partial charge in [0.2, 0.25) is 0 Å². The van der Waals surface area contributed by atoms with Gasteiger partial charge in [-0.2, -0.15) is 5.10 Å². The molecule has 1 atom stereocenters. The Balaban J connectivity index is 1.59. The molecule has 4 rings (SSSR count). The fraction of sp³-hybridized carbons (Fsp3) is 0.500. The highest BCUT2D eigenvalue weighted by molar-refractivity contribution is 6.33. The molecule has 7 heteroatoms. The number of piperidine rings is 1. The zero-order valence-corrected chi connectivity index (χ0v) is 16.2. The maximum Gasteiger partial charge on any atom is 0.259 e. The van der Waals surface area contributed by atoms with Crippen LogP contribution < -0.4 is 0 Å². The SMILES string of the molecule is Cc1nn(Cc2ccccc2)c(Cl)c1C(=O)N1CCCCC1C1OCCO1. The van der Waals surface area contributed by atoms with Gasteiger partial charge in [-0.3, -0.25) is 4.79 Å². The zero-order valence-electron chi connectivity index (χ0n) is 15.4. The standard InChI is InChI=1S/C20H24ClN3O3/c1-14-17(18(21)24(22-14)13-15-7-3-2-4-8-15)19(25)23-10-6-5-9-16(23)20-26-11-12-27-20/h2-4,7-8,16,20H,5-6,9-13H2,1H3. The number of benzene rings is 1. The Morgan fingerprint density at radius 1 is 1.22 bits per heavy atom. The van der Waals surface area contributed by atoms with Gasteiger partial charge in [-0.1, -0.05) is 41.9 Å². The van der Waals surface area contributed by atoms with Crippen molar-refractivity contribution in [2.24, 2.45) is 0 Å². The first-order chi connectivity index (χ1) is 13.1. The van der Waals surface area contributed by atoms with Gasteiger partial charge in [0.15, 0.2) is 6.29 Å². The number of nitrogens with zero attached hydrogens (tertiary/aromatic N) is 3. The van der Waals surface area contributed by atoms with Crippen LogP contribution in [0.2, 0.25) is 5.15 Å². The molecule has 0 aliphatic carbocycles. The van der Waals surface area contributed by atoms with Crippen LogP contribution in [0.4, 0.5) is 0 Å². The van der Waals surface area contributed by atoms with E-state index in [0.717, 1.165) is 24.8 Å². The molecular weight excluding hydrogens is 366 g/mol. The summed E-state index contributed by atoms with van der Waals surface area (Å²) in [5, 5.41) is 4.91. The first-order valence-electron chi connectivity index (χ1n) is 9.46. The monoisotopic (exact) mass is 389 g/mol. The number of carbonyl (C=O) groups is 1. The van der Waals surface area contributed by atoms with Crippen LogP contribution in [0.1, 0.15) is 40.9 Å². The number of likely N-dealkylation sites (tertiary alicyclic amines) is 1. The third-order valence-corrected chi connectivity index (χ3v) is 5.61. The third-order valence-electron chi connectivity index (χ3n) is 5.23. The second-order valence-corrected chi connectivity index (χ2v) is 7.42. The van der Waals surface area contributed by atoms with Gasteiger partial charge in [0.25, 0.3) is 5.91 Å². The van der Waals surface area contributed by atoms with Crippen molar-refractivity contribution in [3.8, 4) is 0 Å². The lowest BCUT2D eigenvalue weighted by Crippen LogP contribution is -2.50. The molecule has 0 spiro atoms. The summed E-state index contributed by atoms with van der Waals surface area (Å²) < 4.78 is 13.1. The molecule has 1 amide bonds. The zero-order chi connectivity index (χ0) is 18.8. The highest BCUT2D eigenvalue weighted by atomic mass is 35.5. The van der Waals surface area contributed by atoms with E-state index in [1.165, 1.54) is 0 Å². The summed E-state index contributed by atoms with van der Waals surface area (Å²) in [5.41, 5.74) is 2.22. The van der Waals surface area contributed by atoms with E-state index in [0.29, 0.717) is 42.7 Å². The number of hydrogen-bond donors (Lipinski definition) is 0. The number of amides is 1. The van der Waals surface area contributed by atoms with Crippen molar-refractivity contribution >= 4 is 17.5 Å². The number of halogens is 1. The second kappa shape index (κ2) is 8.00. The Kier molecular flexibility index (Phi) is 5.48. The van der Waals surface area contributed by atoms with Crippen molar-refractivity contribution in [3.63, 3.8) is 0 Å². The number of rotatable bonds is 4. The summed E-state index contributed by atoms with van der Waals surface area (Å²) in [6.07, 6.45) is 2.58. The predicted molar refractivity (Wildman–Crippen MR) is 102 cm³/mol. The van der Waals surface area contributed by atoms with E-state index in [2.05, 4.69) is 5.10 Å². The predicted octanol–water partition coefficient (Wildman–Crippen LogP) is 3.26. The average molecular weight is 390 g/mol. The number of carbonyl (C=O) groups excluding carboxylic acids is 1. The van der Waals surface area contributed by atoms with Gasteiger partial charge < -0.3 is 14.4 Å². The summed E-state index contributed by atoms with van der Waals surface area (Å²) in [6, 6.07) is 9.89. The molecule has 1 aromatic heterocycles. The van der Waals surface area contributed by atoms with Crippen LogP contribution in [0, 0.1) is 6.92 Å². The van der Waals surface area contributed by atoms with Crippen LogP contribution in [0.5, 0.6) is 0 Å². The van der Waals surface area contributed by atoms with Gasteiger partial charge in [-0.05, 0) is 31.7 Å². The van der Waals surface area contributed by atoms with Gasteiger partial charge in [0, 0.05) is 6.54 Å². The first kappa shape index (κ1) is 18.5. The highest BCUT2D eigenvalue weighted by Gasteiger charge is 2.38. The molecule has 0 bridgehead atoms. The summed E-state index contributed by atoms with van der Waals surface area (Å²) >= 11 is 6.59. The summed E-state index contributed by atoms with van der Waals surface area (Å²) in [5.74, 6) is -0.0828. The van der Waals surface area contributed by atoms with Crippen LogP contribution in [0.25, 0.3) is 0 Å². The normalized spacial score (nSPS) is 21.0. The average Bonchev–Trinajstić information content (AvgIpc) is 3.31. The largest absolute Gasteiger partial charge is 0.348 e. The minimum absolute atomic E-state index is 0.0679. The fourth-order valence-corrected chi connectivity index (χ4v) is 4.21. The highest BCUT2D eigenvalue weighted by Crippen LogP contribution is 2.29. The fourth-order valence-electron chi connectivity index (χ4n) is 3.89. The Morgan fingerprint density at radius 2 is 1.96 bits per heavy atom. The van der Waals surface area contributed by atoms with Crippen molar-refractivity contribution in [1.82, 2.24) is 14.7 Å². The number of hydrogen-bond acceptors (Lipinski definition) is 4. The van der Waals surface area contributed by atoms with Gasteiger partial charge in [0.1, 0.15) is 5.15 Å². The van der Waals surface area contributed by atoms with Crippen molar-refractivity contribution in [2.45, 2.75) is 45.1 Å². The van der Waals surface area contributed by atoms with E-state index < -0.39 is 0 Å². The minimum atomic E-state index is -0.340. The van der Waals surface area contributed by atoms with E-state index in [1.54, 1.807) is 4.68 Å². The van der Waals surface area contributed by atoms with Crippen molar-refractivity contribution in [1.29, 1.82) is 0 Å². The Bertz CT molecular complexity index is 802. The minimum Gasteiger partial charge on any atom is -0.348 e. The van der Waals surface area contributed by atoms with Crippen LogP contribution in [0.3, 0.4) is 0 Å². The van der Waals surface area contributed by atoms with Gasteiger partial charge in [0.05, 0.1) is 37.1 Å². The van der Waals surface area contributed by atoms with Crippen molar-refractivity contribution in [3.05, 3.63) is 52.3 Å². The Morgan fingerprint density at radius 3 is 2.70 bits per heavy atom. The molecule has 2 fully saturated rings. The number of aromatic nitrogens is 2. The second-order valence-electron chi connectivity index (χ2n) is 7.07. The molecule has 1 unspecified atom stereocenters. The van der Waals surface area contributed by atoms with Gasteiger partial charge in [-0.25, -0.2) is 4.68 Å². The summed E-state index contributed by atoms with van der Waals surface area (Å²) in [6.45, 7) is 4.22. The number of aryl methyl sites for hydroxylation is 1. The molecular formula is C20H24ClN3O3. The molecule has 0 saturated carbocycles. The molecule has 2 saturated heterocycles. The molecule has 3 heterocycles. The molecule has 0 radical (unpaired) electrons. The van der Waals surface area contributed by atoms with E-state index in [1.807, 2.05) is 42.2 Å². The topological polar surface area (TPSA) is 56.6 Å². The van der Waals surface area contributed by atoms with Gasteiger partial charge in [-0.15, -0.1) is 0 Å². The van der Waals surface area contributed by atoms with E-state index in [4.69, 9.17) is 21.1 Å². The maximum absolute atomic E-state index is 13.4. The van der Waals surface area contributed by atoms with Crippen LogP contribution in [-0.4, -0.2) is 52.7 Å². The molecule has 2 aliphatic heterocycles. The smallest absolute Gasteiger partial charge is 0.259 e. The molecule has 2 aromatic rings. The van der Waals surface area contributed by atoms with Crippen molar-refractivity contribution < 1.29 is 14.3 Å². The Hall–Kier alpha value is -1.89. The summed E-state index contributed by atoms with van der Waals surface area (Å²) in [4.78, 5) is 15.2. The molecule has 144 valence electrons. The maximum atomic E-state index is 13.4. The molecule has 6 nitrogen and oxygen atoms in total. The van der Waals surface area contributed by atoms with E-state index in [9.17, 15) is 4.79 Å². The molecule has 2 aliphatic rings. The molecule has 0 N–H and O–H groups in total. The lowest BCUT2D eigenvalue weighted by Gasteiger charge is -2.38. The van der Waals surface area contributed by atoms with Crippen molar-refractivity contribution in [2.75, 3.05) is 19.8 Å². The first-order valence-corrected chi connectivity index (χ1v) is 9.84. The van der Waals surface area contributed by atoms with Crippen LogP contribution >= 0.6 is 11.6 Å². The van der Waals surface area contributed by atoms with Crippen LogP contribution in [0.15, 0.2) is 30.3 Å². The third kappa shape index (κ3) is 3.74. The van der Waals surface area contributed by atoms with Crippen LogP contribution in [-0.2, 0) is 16.0 Å². The van der Waals surface area contributed by atoms with Gasteiger partial charge >= 0.3 is 0 Å². The van der Waals surface area contributed by atoms with E-state index in [-0.39, 0.29) is 18.2 Å². The molecule has 27 heavy (non-hydrogen) atoms. The number of ether oxygens (including phenoxy) is 2. The summed E-state index contributed by atoms with van der Waals surface area (Å²) in [7, 11) is 0. The quantitative estimate of drug-likeness (QED) is 0.805.